The van der Waals surface area contributed by atoms with Crippen molar-refractivity contribution in [1.82, 2.24) is 15.5 Å². The molecule has 7 heteroatoms. The van der Waals surface area contributed by atoms with Gasteiger partial charge in [-0.2, -0.15) is 11.3 Å². The molecule has 1 aromatic heterocycles. The number of rotatable bonds is 5. The summed E-state index contributed by atoms with van der Waals surface area (Å²) >= 11 is 3.43. The highest BCUT2D eigenvalue weighted by Crippen LogP contribution is 2.22. The zero-order valence-electron chi connectivity index (χ0n) is 12.4. The second-order valence-corrected chi connectivity index (χ2v) is 7.67. The quantitative estimate of drug-likeness (QED) is 0.848. The summed E-state index contributed by atoms with van der Waals surface area (Å²) in [5, 5.41) is 10.3. The van der Waals surface area contributed by atoms with E-state index in [-0.39, 0.29) is 23.8 Å². The van der Waals surface area contributed by atoms with E-state index in [2.05, 4.69) is 10.6 Å². The van der Waals surface area contributed by atoms with Gasteiger partial charge in [-0.3, -0.25) is 9.59 Å². The Kier molecular flexibility index (Phi) is 5.38. The topological polar surface area (TPSA) is 61.4 Å². The highest BCUT2D eigenvalue weighted by molar-refractivity contribution is 7.99. The van der Waals surface area contributed by atoms with Crippen LogP contribution in [0.1, 0.15) is 18.4 Å². The number of carbonyl (C=O) groups is 2. The normalized spacial score (nSPS) is 24.6. The maximum absolute atomic E-state index is 12.3. The highest BCUT2D eigenvalue weighted by Gasteiger charge is 2.34. The SMILES string of the molecule is O=C(CC1CNC(C(=O)N2CCSC2)C1)NCc1ccsc1. The first kappa shape index (κ1) is 15.8. The summed E-state index contributed by atoms with van der Waals surface area (Å²) in [6.07, 6.45) is 1.27. The predicted octanol–water partition coefficient (Wildman–Crippen LogP) is 1.27. The van der Waals surface area contributed by atoms with Crippen molar-refractivity contribution in [1.29, 1.82) is 0 Å². The molecule has 2 aliphatic heterocycles. The summed E-state index contributed by atoms with van der Waals surface area (Å²) < 4.78 is 0. The third kappa shape index (κ3) is 4.02. The number of hydrogen-bond donors (Lipinski definition) is 2. The van der Waals surface area contributed by atoms with Gasteiger partial charge in [0.05, 0.1) is 11.9 Å². The molecule has 0 saturated carbocycles. The van der Waals surface area contributed by atoms with Crippen LogP contribution >= 0.6 is 23.1 Å². The summed E-state index contributed by atoms with van der Waals surface area (Å²) in [7, 11) is 0. The Balaban J connectivity index is 1.40. The van der Waals surface area contributed by atoms with Gasteiger partial charge >= 0.3 is 0 Å². The Hall–Kier alpha value is -1.05. The summed E-state index contributed by atoms with van der Waals surface area (Å²) in [5.41, 5.74) is 1.14. The molecule has 0 aliphatic carbocycles. The second kappa shape index (κ2) is 7.48. The standard InChI is InChI=1S/C15H21N3O2S2/c19-14(17-7-11-1-3-21-9-11)6-12-5-13(16-8-12)15(20)18-2-4-22-10-18/h1,3,9,12-13,16H,2,4-8,10H2,(H,17,19). The molecule has 5 nitrogen and oxygen atoms in total. The van der Waals surface area contributed by atoms with Crippen molar-refractivity contribution in [2.75, 3.05) is 24.7 Å². The molecule has 0 radical (unpaired) electrons. The van der Waals surface area contributed by atoms with Crippen LogP contribution in [0.5, 0.6) is 0 Å². The molecule has 0 aromatic carbocycles. The van der Waals surface area contributed by atoms with Gasteiger partial charge in [-0.15, -0.1) is 11.8 Å². The Bertz CT molecular complexity index is 515. The molecule has 3 rings (SSSR count). The van der Waals surface area contributed by atoms with E-state index in [1.54, 1.807) is 23.1 Å². The van der Waals surface area contributed by atoms with Crippen LogP contribution in [-0.2, 0) is 16.1 Å². The van der Waals surface area contributed by atoms with Crippen LogP contribution in [0.4, 0.5) is 0 Å². The summed E-state index contributed by atoms with van der Waals surface area (Å²) in [6, 6.07) is 1.92. The number of nitrogens with zero attached hydrogens (tertiary/aromatic N) is 1. The first-order valence-corrected chi connectivity index (χ1v) is 9.70. The predicted molar refractivity (Wildman–Crippen MR) is 89.7 cm³/mol. The molecular weight excluding hydrogens is 318 g/mol. The van der Waals surface area contributed by atoms with E-state index in [0.717, 1.165) is 36.7 Å². The van der Waals surface area contributed by atoms with Crippen LogP contribution < -0.4 is 10.6 Å². The van der Waals surface area contributed by atoms with Crippen molar-refractivity contribution in [3.63, 3.8) is 0 Å². The fourth-order valence-electron chi connectivity index (χ4n) is 2.89. The lowest BCUT2D eigenvalue weighted by atomic mass is 10.0. The van der Waals surface area contributed by atoms with Crippen molar-refractivity contribution in [3.8, 4) is 0 Å². The minimum atomic E-state index is -0.103. The third-order valence-corrected chi connectivity index (χ3v) is 5.83. The van der Waals surface area contributed by atoms with Crippen LogP contribution in [0, 0.1) is 5.92 Å². The number of nitrogens with one attached hydrogen (secondary N) is 2. The average molecular weight is 339 g/mol. The van der Waals surface area contributed by atoms with Crippen LogP contribution in [0.3, 0.4) is 0 Å². The van der Waals surface area contributed by atoms with Gasteiger partial charge in [0, 0.05) is 25.3 Å². The lowest BCUT2D eigenvalue weighted by Gasteiger charge is -2.19. The fraction of sp³-hybridized carbons (Fsp3) is 0.600. The van der Waals surface area contributed by atoms with Gasteiger partial charge in [0.2, 0.25) is 11.8 Å². The molecule has 2 atom stereocenters. The molecule has 0 bridgehead atoms. The van der Waals surface area contributed by atoms with Gasteiger partial charge < -0.3 is 15.5 Å². The maximum Gasteiger partial charge on any atom is 0.240 e. The van der Waals surface area contributed by atoms with Gasteiger partial charge in [-0.25, -0.2) is 0 Å². The summed E-state index contributed by atoms with van der Waals surface area (Å²) in [6.45, 7) is 2.20. The average Bonchev–Trinajstić information content (AvgIpc) is 3.26. The zero-order chi connectivity index (χ0) is 15.4. The smallest absolute Gasteiger partial charge is 0.240 e. The van der Waals surface area contributed by atoms with Gasteiger partial charge in [0.25, 0.3) is 0 Å². The lowest BCUT2D eigenvalue weighted by Crippen LogP contribution is -2.42. The summed E-state index contributed by atoms with van der Waals surface area (Å²) in [5.74, 6) is 2.37. The number of thiophene rings is 1. The molecular formula is C15H21N3O2S2. The molecule has 120 valence electrons. The molecule has 2 unspecified atom stereocenters. The molecule has 2 aliphatic rings. The minimum absolute atomic E-state index is 0.0721. The number of thioether (sulfide) groups is 1. The molecule has 2 N–H and O–H groups in total. The lowest BCUT2D eigenvalue weighted by molar-refractivity contribution is -0.131. The Morgan fingerprint density at radius 2 is 2.36 bits per heavy atom. The maximum atomic E-state index is 12.3. The van der Waals surface area contributed by atoms with Gasteiger partial charge in [-0.05, 0) is 41.3 Å². The van der Waals surface area contributed by atoms with E-state index in [9.17, 15) is 9.59 Å². The van der Waals surface area contributed by atoms with E-state index >= 15 is 0 Å². The van der Waals surface area contributed by atoms with Crippen molar-refractivity contribution in [2.45, 2.75) is 25.4 Å². The van der Waals surface area contributed by atoms with Gasteiger partial charge in [0.15, 0.2) is 0 Å². The van der Waals surface area contributed by atoms with Gasteiger partial charge in [0.1, 0.15) is 0 Å². The molecule has 22 heavy (non-hydrogen) atoms. The first-order valence-electron chi connectivity index (χ1n) is 7.60. The molecule has 3 heterocycles. The first-order chi connectivity index (χ1) is 10.7. The van der Waals surface area contributed by atoms with Gasteiger partial charge in [-0.1, -0.05) is 0 Å². The number of carbonyl (C=O) groups excluding carboxylic acids is 2. The van der Waals surface area contributed by atoms with E-state index in [4.69, 9.17) is 0 Å². The Morgan fingerprint density at radius 1 is 1.45 bits per heavy atom. The van der Waals surface area contributed by atoms with E-state index in [1.165, 1.54) is 0 Å². The van der Waals surface area contributed by atoms with Crippen LogP contribution in [0.2, 0.25) is 0 Å². The number of amides is 2. The van der Waals surface area contributed by atoms with E-state index in [0.29, 0.717) is 13.0 Å². The van der Waals surface area contributed by atoms with Crippen LogP contribution in [0.25, 0.3) is 0 Å². The molecule has 2 fully saturated rings. The highest BCUT2D eigenvalue weighted by atomic mass is 32.2. The number of hydrogen-bond acceptors (Lipinski definition) is 5. The largest absolute Gasteiger partial charge is 0.352 e. The summed E-state index contributed by atoms with van der Waals surface area (Å²) in [4.78, 5) is 26.2. The minimum Gasteiger partial charge on any atom is -0.352 e. The van der Waals surface area contributed by atoms with Crippen molar-refractivity contribution >= 4 is 34.9 Å². The van der Waals surface area contributed by atoms with Crippen LogP contribution in [-0.4, -0.2) is 47.5 Å². The van der Waals surface area contributed by atoms with E-state index in [1.807, 2.05) is 21.7 Å². The molecule has 2 amide bonds. The molecule has 0 spiro atoms. The Morgan fingerprint density at radius 3 is 3.09 bits per heavy atom. The third-order valence-electron chi connectivity index (χ3n) is 4.13. The van der Waals surface area contributed by atoms with Crippen molar-refractivity contribution in [2.24, 2.45) is 5.92 Å². The molecule has 1 aromatic rings. The van der Waals surface area contributed by atoms with E-state index < -0.39 is 0 Å². The van der Waals surface area contributed by atoms with Crippen molar-refractivity contribution in [3.05, 3.63) is 22.4 Å². The monoisotopic (exact) mass is 339 g/mol. The fourth-order valence-corrected chi connectivity index (χ4v) is 4.51. The Labute approximate surface area is 138 Å². The second-order valence-electron chi connectivity index (χ2n) is 5.81. The van der Waals surface area contributed by atoms with Crippen molar-refractivity contribution < 1.29 is 9.59 Å². The zero-order valence-corrected chi connectivity index (χ0v) is 14.0. The molecule has 2 saturated heterocycles. The van der Waals surface area contributed by atoms with Crippen LogP contribution in [0.15, 0.2) is 16.8 Å².